The van der Waals surface area contributed by atoms with E-state index < -0.39 is 11.8 Å². The van der Waals surface area contributed by atoms with Crippen LogP contribution in [0.2, 0.25) is 0 Å². The van der Waals surface area contributed by atoms with E-state index in [-0.39, 0.29) is 23.8 Å². The van der Waals surface area contributed by atoms with E-state index in [1.165, 1.54) is 17.1 Å². The Hall–Kier alpha value is -3.37. The maximum absolute atomic E-state index is 12.7. The molecule has 29 heavy (non-hydrogen) atoms. The Morgan fingerprint density at radius 1 is 1.28 bits per heavy atom. The van der Waals surface area contributed by atoms with Crippen LogP contribution in [0.3, 0.4) is 0 Å². The number of nitrogens with zero attached hydrogens (tertiary/aromatic N) is 1. The van der Waals surface area contributed by atoms with Crippen LogP contribution in [0.25, 0.3) is 6.08 Å². The fraction of sp³-hybridized carbons (Fsp3) is 0.227. The standard InChI is InChI=1S/C22H22N2O4S/c1-5-9-16-12-15(14-18(27-8-4)19(16)28-11-7-3)13-17-20(25)23-22(29)24(10-6-2)21(17)26/h3,5-6,12-14H,1-2,8-11H2,4H3,(H,23,25,29). The molecule has 6 nitrogen and oxygen atoms in total. The monoisotopic (exact) mass is 410 g/mol. The maximum atomic E-state index is 12.7. The number of carbonyl (C=O) groups excluding carboxylic acids is 2. The van der Waals surface area contributed by atoms with Gasteiger partial charge in [0.1, 0.15) is 12.2 Å². The van der Waals surface area contributed by atoms with Crippen molar-refractivity contribution in [2.75, 3.05) is 19.8 Å². The first-order valence-electron chi connectivity index (χ1n) is 8.93. The molecule has 0 bridgehead atoms. The van der Waals surface area contributed by atoms with E-state index in [0.717, 1.165) is 5.56 Å². The Morgan fingerprint density at radius 2 is 2.03 bits per heavy atom. The molecule has 0 atom stereocenters. The molecule has 1 aromatic carbocycles. The summed E-state index contributed by atoms with van der Waals surface area (Å²) < 4.78 is 11.4. The van der Waals surface area contributed by atoms with Gasteiger partial charge in [0.05, 0.1) is 6.61 Å². The Kier molecular flexibility index (Phi) is 7.75. The third-order valence-corrected chi connectivity index (χ3v) is 4.25. The number of rotatable bonds is 9. The van der Waals surface area contributed by atoms with Crippen molar-refractivity contribution in [2.24, 2.45) is 0 Å². The zero-order chi connectivity index (χ0) is 21.4. The van der Waals surface area contributed by atoms with Crippen molar-refractivity contribution in [1.82, 2.24) is 10.2 Å². The number of hydrogen-bond donors (Lipinski definition) is 1. The van der Waals surface area contributed by atoms with E-state index in [1.54, 1.807) is 18.2 Å². The molecule has 2 rings (SSSR count). The highest BCUT2D eigenvalue weighted by atomic mass is 32.1. The SMILES string of the molecule is C#CCOc1c(CC=C)cc(C=C2C(=O)NC(=S)N(CC=C)C2=O)cc1OCC. The van der Waals surface area contributed by atoms with Gasteiger partial charge in [0.2, 0.25) is 0 Å². The Labute approximate surface area is 175 Å². The molecule has 0 spiro atoms. The van der Waals surface area contributed by atoms with Crippen LogP contribution in [0.5, 0.6) is 11.5 Å². The number of benzene rings is 1. The van der Waals surface area contributed by atoms with E-state index >= 15 is 0 Å². The largest absolute Gasteiger partial charge is 0.490 e. The van der Waals surface area contributed by atoms with Gasteiger partial charge in [-0.2, -0.15) is 0 Å². The molecule has 1 aliphatic rings. The summed E-state index contributed by atoms with van der Waals surface area (Å²) in [6.07, 6.45) is 10.5. The second kappa shape index (κ2) is 10.2. The van der Waals surface area contributed by atoms with E-state index in [9.17, 15) is 9.59 Å². The highest BCUT2D eigenvalue weighted by molar-refractivity contribution is 7.80. The number of thiocarbonyl (C=S) groups is 1. The molecule has 150 valence electrons. The zero-order valence-electron chi connectivity index (χ0n) is 16.2. The summed E-state index contributed by atoms with van der Waals surface area (Å²) in [4.78, 5) is 26.4. The minimum Gasteiger partial charge on any atom is -0.490 e. The Bertz CT molecular complexity index is 927. The van der Waals surface area contributed by atoms with Gasteiger partial charge in [-0.15, -0.1) is 19.6 Å². The lowest BCUT2D eigenvalue weighted by Crippen LogP contribution is -2.53. The lowest BCUT2D eigenvalue weighted by atomic mass is 10.0. The van der Waals surface area contributed by atoms with Gasteiger partial charge in [0, 0.05) is 12.1 Å². The second-order valence-electron chi connectivity index (χ2n) is 5.95. The van der Waals surface area contributed by atoms with Crippen LogP contribution in [-0.4, -0.2) is 41.6 Å². The van der Waals surface area contributed by atoms with Crippen LogP contribution < -0.4 is 14.8 Å². The summed E-state index contributed by atoms with van der Waals surface area (Å²) in [5.41, 5.74) is 1.34. The van der Waals surface area contributed by atoms with E-state index in [0.29, 0.717) is 30.1 Å². The predicted molar refractivity (Wildman–Crippen MR) is 116 cm³/mol. The van der Waals surface area contributed by atoms with Gasteiger partial charge in [-0.05, 0) is 49.3 Å². The zero-order valence-corrected chi connectivity index (χ0v) is 17.0. The van der Waals surface area contributed by atoms with Crippen molar-refractivity contribution < 1.29 is 19.1 Å². The number of nitrogens with one attached hydrogen (secondary N) is 1. The highest BCUT2D eigenvalue weighted by Gasteiger charge is 2.32. The van der Waals surface area contributed by atoms with Crippen LogP contribution in [-0.2, 0) is 16.0 Å². The maximum Gasteiger partial charge on any atom is 0.265 e. The summed E-state index contributed by atoms with van der Waals surface area (Å²) in [5, 5.41) is 2.57. The van der Waals surface area contributed by atoms with Crippen LogP contribution in [0.4, 0.5) is 0 Å². The van der Waals surface area contributed by atoms with Crippen molar-refractivity contribution in [3.05, 3.63) is 54.1 Å². The minimum atomic E-state index is -0.559. The van der Waals surface area contributed by atoms with E-state index in [2.05, 4.69) is 24.4 Å². The molecule has 7 heteroatoms. The van der Waals surface area contributed by atoms with Gasteiger partial charge in [0.25, 0.3) is 11.8 Å². The highest BCUT2D eigenvalue weighted by Crippen LogP contribution is 2.35. The summed E-state index contributed by atoms with van der Waals surface area (Å²) in [6.45, 7) is 9.89. The summed E-state index contributed by atoms with van der Waals surface area (Å²) in [6, 6.07) is 3.49. The molecule has 2 amide bonds. The molecule has 0 unspecified atom stereocenters. The molecule has 1 saturated heterocycles. The molecule has 0 saturated carbocycles. The van der Waals surface area contributed by atoms with Gasteiger partial charge >= 0.3 is 0 Å². The van der Waals surface area contributed by atoms with Crippen LogP contribution in [0.1, 0.15) is 18.1 Å². The van der Waals surface area contributed by atoms with Crippen LogP contribution >= 0.6 is 12.2 Å². The van der Waals surface area contributed by atoms with Gasteiger partial charge in [-0.25, -0.2) is 0 Å². The first-order chi connectivity index (χ1) is 14.0. The smallest absolute Gasteiger partial charge is 0.265 e. The van der Waals surface area contributed by atoms with Gasteiger partial charge < -0.3 is 9.47 Å². The second-order valence-corrected chi connectivity index (χ2v) is 6.33. The average molecular weight is 410 g/mol. The molecule has 1 aliphatic heterocycles. The minimum absolute atomic E-state index is 0.0373. The number of ether oxygens (including phenoxy) is 2. The molecule has 0 radical (unpaired) electrons. The van der Waals surface area contributed by atoms with E-state index in [4.69, 9.17) is 28.1 Å². The van der Waals surface area contributed by atoms with Gasteiger partial charge in [-0.1, -0.05) is 18.1 Å². The number of hydrogen-bond acceptors (Lipinski definition) is 5. The predicted octanol–water partition coefficient (Wildman–Crippen LogP) is 2.64. The molecule has 1 heterocycles. The molecule has 1 fully saturated rings. The lowest BCUT2D eigenvalue weighted by molar-refractivity contribution is -0.128. The van der Waals surface area contributed by atoms with Gasteiger partial charge in [-0.3, -0.25) is 19.8 Å². The third kappa shape index (κ3) is 5.12. The number of amides is 2. The first kappa shape index (κ1) is 21.9. The fourth-order valence-electron chi connectivity index (χ4n) is 2.77. The molecule has 1 N–H and O–H groups in total. The van der Waals surface area contributed by atoms with Crippen LogP contribution in [0.15, 0.2) is 43.0 Å². The summed E-state index contributed by atoms with van der Waals surface area (Å²) >= 11 is 5.07. The van der Waals surface area contributed by atoms with Crippen molar-refractivity contribution in [2.45, 2.75) is 13.3 Å². The molecular weight excluding hydrogens is 388 g/mol. The van der Waals surface area contributed by atoms with Crippen molar-refractivity contribution >= 4 is 35.2 Å². The molecular formula is C22H22N2O4S. The quantitative estimate of drug-likeness (QED) is 0.223. The Balaban J connectivity index is 2.55. The fourth-order valence-corrected chi connectivity index (χ4v) is 3.02. The van der Waals surface area contributed by atoms with Crippen LogP contribution in [0, 0.1) is 12.3 Å². The van der Waals surface area contributed by atoms with Gasteiger partial charge in [0.15, 0.2) is 16.6 Å². The van der Waals surface area contributed by atoms with Crippen molar-refractivity contribution in [1.29, 1.82) is 0 Å². The van der Waals surface area contributed by atoms with Crippen molar-refractivity contribution in [3.63, 3.8) is 0 Å². The number of allylic oxidation sites excluding steroid dienone is 1. The number of terminal acetylenes is 1. The first-order valence-corrected chi connectivity index (χ1v) is 9.34. The average Bonchev–Trinajstić information content (AvgIpc) is 2.68. The Morgan fingerprint density at radius 3 is 2.66 bits per heavy atom. The molecule has 0 aromatic heterocycles. The summed E-state index contributed by atoms with van der Waals surface area (Å²) in [7, 11) is 0. The van der Waals surface area contributed by atoms with E-state index in [1.807, 2.05) is 6.92 Å². The normalized spacial score (nSPS) is 15.0. The number of carbonyl (C=O) groups is 2. The molecule has 0 aliphatic carbocycles. The van der Waals surface area contributed by atoms with Crippen molar-refractivity contribution in [3.8, 4) is 23.8 Å². The molecule has 1 aromatic rings. The lowest BCUT2D eigenvalue weighted by Gasteiger charge is -2.27. The third-order valence-electron chi connectivity index (χ3n) is 3.93. The summed E-state index contributed by atoms with van der Waals surface area (Å²) in [5.74, 6) is 2.36. The topological polar surface area (TPSA) is 67.9 Å².